The van der Waals surface area contributed by atoms with Gasteiger partial charge in [0.05, 0.1) is 39.9 Å². The van der Waals surface area contributed by atoms with E-state index in [4.69, 9.17) is 9.47 Å². The summed E-state index contributed by atoms with van der Waals surface area (Å²) >= 11 is 0. The molecule has 0 aliphatic carbocycles. The van der Waals surface area contributed by atoms with Crippen LogP contribution in [0, 0.1) is 0 Å². The summed E-state index contributed by atoms with van der Waals surface area (Å²) in [6.45, 7) is 4.63. The van der Waals surface area contributed by atoms with Crippen LogP contribution in [0.2, 0.25) is 0 Å². The van der Waals surface area contributed by atoms with Gasteiger partial charge in [0.2, 0.25) is 15.7 Å². The van der Waals surface area contributed by atoms with E-state index in [0.29, 0.717) is 59.7 Å². The zero-order chi connectivity index (χ0) is 45.4. The molecule has 340 valence electrons. The molecule has 0 bridgehead atoms. The van der Waals surface area contributed by atoms with Crippen LogP contribution >= 0.6 is 0 Å². The molecule has 0 amide bonds. The molecule has 0 radical (unpaired) electrons. The summed E-state index contributed by atoms with van der Waals surface area (Å²) in [5.74, 6) is -2.07. The number of benzene rings is 2. The van der Waals surface area contributed by atoms with Gasteiger partial charge in [-0.2, -0.15) is 29.8 Å². The Morgan fingerprint density at radius 1 is 0.787 bits per heavy atom. The highest BCUT2D eigenvalue weighted by Gasteiger charge is 2.48. The van der Waals surface area contributed by atoms with Crippen molar-refractivity contribution in [3.63, 3.8) is 0 Å². The van der Waals surface area contributed by atoms with E-state index in [0.717, 1.165) is 0 Å². The Kier molecular flexibility index (Phi) is 16.7. The van der Waals surface area contributed by atoms with E-state index >= 15 is 0 Å². The number of hydrogen-bond donors (Lipinski definition) is 5. The molecule has 2 aliphatic rings. The summed E-state index contributed by atoms with van der Waals surface area (Å²) in [6, 6.07) is 8.78. The summed E-state index contributed by atoms with van der Waals surface area (Å²) in [5.41, 5.74) is 1.35. The molecule has 18 nitrogen and oxygen atoms in total. The lowest BCUT2D eigenvalue weighted by Crippen LogP contribution is -2.33. The van der Waals surface area contributed by atoms with Gasteiger partial charge in [-0.1, -0.05) is 6.08 Å². The maximum Gasteiger partial charge on any atom is 0.303 e. The van der Waals surface area contributed by atoms with Gasteiger partial charge in [0, 0.05) is 74.7 Å². The molecule has 2 heterocycles. The second kappa shape index (κ2) is 20.3. The summed E-state index contributed by atoms with van der Waals surface area (Å²) < 4.78 is 143. The van der Waals surface area contributed by atoms with Crippen LogP contribution in [-0.4, -0.2) is 127 Å². The molecule has 2 aromatic rings. The topological polar surface area (TPSA) is 271 Å². The number of unbranched alkanes of at least 4 members (excludes halogenated alkanes) is 2. The largest absolute Gasteiger partial charge is 0.481 e. The Hall–Kier alpha value is -3.58. The fourth-order valence-corrected chi connectivity index (χ4v) is 10.7. The van der Waals surface area contributed by atoms with E-state index in [9.17, 15) is 57.2 Å². The smallest absolute Gasteiger partial charge is 0.303 e. The number of allylic oxidation sites excluding steroid dienone is 4. The number of aliphatic carboxylic acids is 1. The van der Waals surface area contributed by atoms with Gasteiger partial charge in [-0.05, 0) is 94.3 Å². The number of hydrogen-bond acceptors (Lipinski definition) is 12. The minimum atomic E-state index is -4.65. The van der Waals surface area contributed by atoms with Crippen molar-refractivity contribution >= 4 is 63.4 Å². The van der Waals surface area contributed by atoms with Gasteiger partial charge in [0.25, 0.3) is 30.4 Å². The molecule has 5 N–H and O–H groups in total. The summed E-state index contributed by atoms with van der Waals surface area (Å²) in [6.07, 6.45) is 6.99. The van der Waals surface area contributed by atoms with E-state index in [2.05, 4.69) is 4.72 Å². The summed E-state index contributed by atoms with van der Waals surface area (Å²) in [7, 11) is -14.5. The van der Waals surface area contributed by atoms with Crippen LogP contribution in [0.5, 0.6) is 0 Å². The highest BCUT2D eigenvalue weighted by atomic mass is 32.2. The molecule has 0 saturated heterocycles. The number of fused-ring (bicyclic) bond motifs is 2. The zero-order valence-corrected chi connectivity index (χ0v) is 37.9. The first kappa shape index (κ1) is 50.1. The number of ether oxygens (including phenoxy) is 2. The van der Waals surface area contributed by atoms with E-state index in [1.54, 1.807) is 31.2 Å². The first-order chi connectivity index (χ1) is 28.4. The lowest BCUT2D eigenvalue weighted by molar-refractivity contribution is -0.438. The number of carboxylic acids is 1. The minimum Gasteiger partial charge on any atom is -0.481 e. The van der Waals surface area contributed by atoms with Gasteiger partial charge >= 0.3 is 5.97 Å². The fourth-order valence-electron chi connectivity index (χ4n) is 8.11. The predicted octanol–water partition coefficient (Wildman–Crippen LogP) is 4.06. The SMILES string of the molecule is COCCNS(=O)(=O)c1ccc2c(c1)C(C)(CCCS(=O)(=O)O)C(/C=C/C=C1/N(CCOC)c3ccc(S(=O)(=O)O)cc3C1(C)CCCS(=O)(=O)O)=[N+]2CCCCCC(=O)O. The van der Waals surface area contributed by atoms with Crippen LogP contribution in [0.3, 0.4) is 0 Å². The van der Waals surface area contributed by atoms with Gasteiger partial charge in [0.1, 0.15) is 6.54 Å². The average Bonchev–Trinajstić information content (AvgIpc) is 3.52. The van der Waals surface area contributed by atoms with Gasteiger partial charge in [-0.15, -0.1) is 0 Å². The number of nitrogens with one attached hydrogen (secondary N) is 1. The highest BCUT2D eigenvalue weighted by molar-refractivity contribution is 7.89. The molecule has 2 unspecified atom stereocenters. The van der Waals surface area contributed by atoms with Gasteiger partial charge in [-0.3, -0.25) is 18.5 Å². The first-order valence-corrected chi connectivity index (χ1v) is 25.7. The van der Waals surface area contributed by atoms with Gasteiger partial charge in [-0.25, -0.2) is 13.1 Å². The molecular weight excluding hydrogens is 879 g/mol. The molecule has 4 rings (SSSR count). The molecule has 0 spiro atoms. The third-order valence-corrected chi connectivity index (χ3v) is 15.0. The Labute approximate surface area is 358 Å². The van der Waals surface area contributed by atoms with Crippen molar-refractivity contribution < 1.29 is 71.3 Å². The van der Waals surface area contributed by atoms with Gasteiger partial charge in [0.15, 0.2) is 5.71 Å². The predicted molar refractivity (Wildman–Crippen MR) is 228 cm³/mol. The first-order valence-electron chi connectivity index (χ1n) is 19.6. The highest BCUT2D eigenvalue weighted by Crippen LogP contribution is 2.51. The molecular formula is C39H56N3O15S4+. The van der Waals surface area contributed by atoms with Crippen LogP contribution in [0.4, 0.5) is 11.4 Å². The number of sulfonamides is 1. The molecule has 2 aromatic carbocycles. The van der Waals surface area contributed by atoms with Crippen LogP contribution < -0.4 is 9.62 Å². The lowest BCUT2D eigenvalue weighted by atomic mass is 9.75. The molecule has 22 heteroatoms. The normalized spacial score (nSPS) is 20.2. The van der Waals surface area contributed by atoms with Gasteiger partial charge < -0.3 is 19.5 Å². The third kappa shape index (κ3) is 12.8. The van der Waals surface area contributed by atoms with Crippen molar-refractivity contribution in [2.45, 2.75) is 85.8 Å². The van der Waals surface area contributed by atoms with Crippen molar-refractivity contribution in [2.75, 3.05) is 63.5 Å². The Balaban J connectivity index is 1.94. The number of methoxy groups -OCH3 is 2. The lowest BCUT2D eigenvalue weighted by Gasteiger charge is -2.30. The van der Waals surface area contributed by atoms with Crippen molar-refractivity contribution in [3.05, 3.63) is 71.5 Å². The maximum absolute atomic E-state index is 13.4. The fraction of sp³-hybridized carbons (Fsp3) is 0.538. The number of carboxylic acid groups (broad SMARTS) is 1. The van der Waals surface area contributed by atoms with Crippen molar-refractivity contribution in [1.29, 1.82) is 0 Å². The molecule has 2 atom stereocenters. The van der Waals surface area contributed by atoms with E-state index in [1.165, 1.54) is 44.6 Å². The number of anilines is 1. The molecule has 0 saturated carbocycles. The summed E-state index contributed by atoms with van der Waals surface area (Å²) in [5, 5.41) is 9.21. The molecule has 0 fully saturated rings. The van der Waals surface area contributed by atoms with E-state index in [-0.39, 0.29) is 68.2 Å². The van der Waals surface area contributed by atoms with Crippen molar-refractivity contribution in [2.24, 2.45) is 0 Å². The summed E-state index contributed by atoms with van der Waals surface area (Å²) in [4.78, 5) is 12.7. The van der Waals surface area contributed by atoms with Crippen molar-refractivity contribution in [1.82, 2.24) is 4.72 Å². The molecule has 61 heavy (non-hydrogen) atoms. The maximum atomic E-state index is 13.4. The minimum absolute atomic E-state index is 0.00917. The zero-order valence-electron chi connectivity index (χ0n) is 34.6. The standard InChI is InChI=1S/C39H55N3O15S4/c1-38(18-9-25-58(45,46)47)31-27-29(60(51,52)40-20-23-56-3)14-16-33(31)41(21-7-5-6-13-37(43)44)35(38)11-8-12-36-39(2,19-10-26-59(48,49)50)32-28-30(61(53,54)55)15-17-34(32)42(36)22-24-57-4/h8,11-12,14-17,27-28,40H,5-7,9-10,13,18-26H2,1-4H3,(H3-,43,44,45,46,47,48,49,50,53,54,55)/p+1. The van der Waals surface area contributed by atoms with Crippen LogP contribution in [0.15, 0.2) is 70.1 Å². The van der Waals surface area contributed by atoms with E-state index < -0.39 is 68.7 Å². The third-order valence-electron chi connectivity index (χ3n) is 11.1. The Morgan fingerprint density at radius 3 is 1.98 bits per heavy atom. The number of rotatable bonds is 25. The molecule has 0 aromatic heterocycles. The van der Waals surface area contributed by atoms with Crippen LogP contribution in [0.1, 0.15) is 76.3 Å². The quantitative estimate of drug-likeness (QED) is 0.0534. The Morgan fingerprint density at radius 2 is 1.39 bits per heavy atom. The molecule has 2 aliphatic heterocycles. The second-order valence-electron chi connectivity index (χ2n) is 15.5. The number of nitrogens with zero attached hydrogens (tertiary/aromatic N) is 2. The second-order valence-corrected chi connectivity index (χ2v) is 21.8. The van der Waals surface area contributed by atoms with Crippen LogP contribution in [0.25, 0.3) is 0 Å². The van der Waals surface area contributed by atoms with Crippen molar-refractivity contribution in [3.8, 4) is 0 Å². The Bertz CT molecular complexity index is 2490. The average molecular weight is 935 g/mol. The van der Waals surface area contributed by atoms with Crippen LogP contribution in [-0.2, 0) is 65.5 Å². The van der Waals surface area contributed by atoms with E-state index in [1.807, 2.05) is 16.4 Å². The number of carbonyl (C=O) groups is 1. The monoisotopic (exact) mass is 934 g/mol.